The van der Waals surface area contributed by atoms with Crippen molar-refractivity contribution in [3.8, 4) is 6.07 Å². The molecule has 3 heteroatoms. The molecule has 3 rings (SSSR count). The lowest BCUT2D eigenvalue weighted by Gasteiger charge is -2.22. The van der Waals surface area contributed by atoms with Crippen LogP contribution >= 0.6 is 0 Å². The smallest absolute Gasteiger partial charge is 0.127 e. The van der Waals surface area contributed by atoms with Crippen molar-refractivity contribution in [1.29, 1.82) is 5.26 Å². The molecule has 1 saturated carbocycles. The lowest BCUT2D eigenvalue weighted by Crippen LogP contribution is -2.25. The summed E-state index contributed by atoms with van der Waals surface area (Å²) in [6.07, 6.45) is 2.35. The summed E-state index contributed by atoms with van der Waals surface area (Å²) in [5.74, 6) is -0.145. The van der Waals surface area contributed by atoms with Crippen LogP contribution in [-0.2, 0) is 13.1 Å². The minimum atomic E-state index is -0.145. The van der Waals surface area contributed by atoms with E-state index >= 15 is 0 Å². The van der Waals surface area contributed by atoms with Gasteiger partial charge in [0.2, 0.25) is 0 Å². The van der Waals surface area contributed by atoms with Crippen molar-refractivity contribution in [2.24, 2.45) is 0 Å². The second-order valence-electron chi connectivity index (χ2n) is 5.54. The molecular formula is C18H17FN2. The highest BCUT2D eigenvalue weighted by Crippen LogP contribution is 2.30. The van der Waals surface area contributed by atoms with Gasteiger partial charge in [0, 0.05) is 24.7 Å². The van der Waals surface area contributed by atoms with Gasteiger partial charge < -0.3 is 0 Å². The van der Waals surface area contributed by atoms with Crippen LogP contribution in [0.1, 0.15) is 29.5 Å². The van der Waals surface area contributed by atoms with E-state index in [-0.39, 0.29) is 5.82 Å². The maximum Gasteiger partial charge on any atom is 0.127 e. The Hall–Kier alpha value is -2.18. The first-order valence-corrected chi connectivity index (χ1v) is 7.23. The highest BCUT2D eigenvalue weighted by Gasteiger charge is 2.29. The fourth-order valence-electron chi connectivity index (χ4n) is 2.57. The highest BCUT2D eigenvalue weighted by atomic mass is 19.1. The number of rotatable bonds is 5. The van der Waals surface area contributed by atoms with Crippen LogP contribution in [0.25, 0.3) is 0 Å². The van der Waals surface area contributed by atoms with Gasteiger partial charge in [-0.1, -0.05) is 30.3 Å². The number of hydrogen-bond donors (Lipinski definition) is 0. The molecule has 106 valence electrons. The number of benzene rings is 2. The van der Waals surface area contributed by atoms with E-state index in [2.05, 4.69) is 11.0 Å². The van der Waals surface area contributed by atoms with E-state index in [4.69, 9.17) is 5.26 Å². The molecular weight excluding hydrogens is 263 g/mol. The summed E-state index contributed by atoms with van der Waals surface area (Å²) in [5.41, 5.74) is 2.52. The Labute approximate surface area is 124 Å². The van der Waals surface area contributed by atoms with E-state index in [9.17, 15) is 4.39 Å². The summed E-state index contributed by atoms with van der Waals surface area (Å²) in [7, 11) is 0. The average molecular weight is 280 g/mol. The van der Waals surface area contributed by atoms with Gasteiger partial charge in [-0.15, -0.1) is 0 Å². The summed E-state index contributed by atoms with van der Waals surface area (Å²) >= 11 is 0. The summed E-state index contributed by atoms with van der Waals surface area (Å²) < 4.78 is 13.8. The number of nitrogens with zero attached hydrogens (tertiary/aromatic N) is 2. The van der Waals surface area contributed by atoms with Crippen LogP contribution < -0.4 is 0 Å². The van der Waals surface area contributed by atoms with Gasteiger partial charge >= 0.3 is 0 Å². The first kappa shape index (κ1) is 13.8. The van der Waals surface area contributed by atoms with E-state index in [1.165, 1.54) is 18.9 Å². The zero-order chi connectivity index (χ0) is 14.7. The molecule has 1 fully saturated rings. The van der Waals surface area contributed by atoms with Gasteiger partial charge in [0.1, 0.15) is 5.82 Å². The Morgan fingerprint density at radius 2 is 1.90 bits per heavy atom. The first-order chi connectivity index (χ1) is 10.3. The van der Waals surface area contributed by atoms with Gasteiger partial charge in [-0.25, -0.2) is 4.39 Å². The third-order valence-electron chi connectivity index (χ3n) is 3.84. The molecule has 0 spiro atoms. The summed E-state index contributed by atoms with van der Waals surface area (Å²) in [5, 5.41) is 8.98. The molecule has 0 saturated heterocycles. The SMILES string of the molecule is N#Cc1cccc(CN(Cc2ccccc2F)C2CC2)c1. The Morgan fingerprint density at radius 3 is 2.62 bits per heavy atom. The van der Waals surface area contributed by atoms with Crippen molar-refractivity contribution in [2.45, 2.75) is 32.0 Å². The predicted octanol–water partition coefficient (Wildman–Crippen LogP) is 3.86. The van der Waals surface area contributed by atoms with Crippen LogP contribution in [0, 0.1) is 17.1 Å². The molecule has 2 aromatic carbocycles. The first-order valence-electron chi connectivity index (χ1n) is 7.23. The third-order valence-corrected chi connectivity index (χ3v) is 3.84. The maximum atomic E-state index is 13.8. The zero-order valence-electron chi connectivity index (χ0n) is 11.8. The fourth-order valence-corrected chi connectivity index (χ4v) is 2.57. The van der Waals surface area contributed by atoms with Gasteiger partial charge in [0.15, 0.2) is 0 Å². The lowest BCUT2D eigenvalue weighted by molar-refractivity contribution is 0.242. The van der Waals surface area contributed by atoms with Crippen LogP contribution in [-0.4, -0.2) is 10.9 Å². The number of halogens is 1. The Kier molecular flexibility index (Phi) is 3.98. The maximum absolute atomic E-state index is 13.8. The second kappa shape index (κ2) is 6.07. The largest absolute Gasteiger partial charge is 0.292 e. The second-order valence-corrected chi connectivity index (χ2v) is 5.54. The van der Waals surface area contributed by atoms with Gasteiger partial charge in [0.05, 0.1) is 11.6 Å². The summed E-state index contributed by atoms with van der Waals surface area (Å²) in [6, 6.07) is 17.3. The van der Waals surface area contributed by atoms with Gasteiger partial charge in [0.25, 0.3) is 0 Å². The molecule has 1 aliphatic rings. The molecule has 0 atom stereocenters. The van der Waals surface area contributed by atoms with Crippen LogP contribution in [0.15, 0.2) is 48.5 Å². The molecule has 0 radical (unpaired) electrons. The van der Waals surface area contributed by atoms with E-state index < -0.39 is 0 Å². The molecule has 0 heterocycles. The molecule has 2 nitrogen and oxygen atoms in total. The molecule has 0 aromatic heterocycles. The van der Waals surface area contributed by atoms with Gasteiger partial charge in [-0.3, -0.25) is 4.90 Å². The Bertz CT molecular complexity index is 671. The van der Waals surface area contributed by atoms with E-state index in [1.54, 1.807) is 6.07 Å². The average Bonchev–Trinajstić information content (AvgIpc) is 3.34. The molecule has 0 bridgehead atoms. The Balaban J connectivity index is 1.76. The molecule has 1 aliphatic carbocycles. The van der Waals surface area contributed by atoms with Crippen LogP contribution in [0.2, 0.25) is 0 Å². The molecule has 21 heavy (non-hydrogen) atoms. The van der Waals surface area contributed by atoms with Crippen molar-refractivity contribution >= 4 is 0 Å². The standard InChI is InChI=1S/C18H17FN2/c19-18-7-2-1-6-16(18)13-21(17-8-9-17)12-15-5-3-4-14(10-15)11-20/h1-7,10,17H,8-9,12-13H2. The van der Waals surface area contributed by atoms with Gasteiger partial charge in [-0.2, -0.15) is 5.26 Å². The van der Waals surface area contributed by atoms with Crippen molar-refractivity contribution in [2.75, 3.05) is 0 Å². The van der Waals surface area contributed by atoms with Crippen molar-refractivity contribution < 1.29 is 4.39 Å². The van der Waals surface area contributed by atoms with E-state index in [0.29, 0.717) is 18.2 Å². The fraction of sp³-hybridized carbons (Fsp3) is 0.278. The van der Waals surface area contributed by atoms with Crippen LogP contribution in [0.3, 0.4) is 0 Å². The topological polar surface area (TPSA) is 27.0 Å². The van der Waals surface area contributed by atoms with Crippen molar-refractivity contribution in [3.05, 3.63) is 71.0 Å². The zero-order valence-corrected chi connectivity index (χ0v) is 11.8. The minimum Gasteiger partial charge on any atom is -0.292 e. The minimum absolute atomic E-state index is 0.145. The summed E-state index contributed by atoms with van der Waals surface area (Å²) in [4.78, 5) is 2.30. The highest BCUT2D eigenvalue weighted by molar-refractivity contribution is 5.32. The predicted molar refractivity (Wildman–Crippen MR) is 79.8 cm³/mol. The quantitative estimate of drug-likeness (QED) is 0.831. The molecule has 0 amide bonds. The molecule has 0 N–H and O–H groups in total. The van der Waals surface area contributed by atoms with E-state index in [1.807, 2.05) is 36.4 Å². The number of nitriles is 1. The Morgan fingerprint density at radius 1 is 1.10 bits per heavy atom. The third kappa shape index (κ3) is 3.48. The van der Waals surface area contributed by atoms with Gasteiger partial charge in [-0.05, 0) is 36.6 Å². The van der Waals surface area contributed by atoms with Crippen LogP contribution in [0.5, 0.6) is 0 Å². The molecule has 0 aliphatic heterocycles. The van der Waals surface area contributed by atoms with Crippen molar-refractivity contribution in [3.63, 3.8) is 0 Å². The molecule has 2 aromatic rings. The lowest BCUT2D eigenvalue weighted by atomic mass is 10.1. The normalized spacial score (nSPS) is 14.1. The molecule has 0 unspecified atom stereocenters. The van der Waals surface area contributed by atoms with Crippen molar-refractivity contribution in [1.82, 2.24) is 4.90 Å². The summed E-state index contributed by atoms with van der Waals surface area (Å²) in [6.45, 7) is 1.38. The van der Waals surface area contributed by atoms with E-state index in [0.717, 1.165) is 17.7 Å². The monoisotopic (exact) mass is 280 g/mol. The van der Waals surface area contributed by atoms with Crippen LogP contribution in [0.4, 0.5) is 4.39 Å². The number of hydrogen-bond acceptors (Lipinski definition) is 2.